The first-order chi connectivity index (χ1) is 11.2. The van der Waals surface area contributed by atoms with Crippen LogP contribution in [0.4, 0.5) is 5.69 Å². The summed E-state index contributed by atoms with van der Waals surface area (Å²) in [5, 5.41) is 2.99. The number of amides is 1. The third-order valence-corrected chi connectivity index (χ3v) is 4.83. The van der Waals surface area contributed by atoms with Crippen LogP contribution >= 0.6 is 27.7 Å². The summed E-state index contributed by atoms with van der Waals surface area (Å²) < 4.78 is 0.953. The fourth-order valence-electron chi connectivity index (χ4n) is 2.07. The van der Waals surface area contributed by atoms with Crippen molar-refractivity contribution in [3.05, 3.63) is 88.9 Å². The van der Waals surface area contributed by atoms with Gasteiger partial charge in [0.25, 0.3) is 5.91 Å². The summed E-state index contributed by atoms with van der Waals surface area (Å²) in [7, 11) is 0. The maximum Gasteiger partial charge on any atom is 0.255 e. The number of carbonyl (C=O) groups is 1. The summed E-state index contributed by atoms with van der Waals surface area (Å²) >= 11 is 5.01. The molecule has 0 radical (unpaired) electrons. The quantitative estimate of drug-likeness (QED) is 0.611. The fraction of sp³-hybridized carbons (Fsp3) is 0. The highest BCUT2D eigenvalue weighted by atomic mass is 79.9. The molecule has 3 aromatic rings. The second-order valence-electron chi connectivity index (χ2n) is 4.87. The van der Waals surface area contributed by atoms with Gasteiger partial charge in [-0.25, -0.2) is 0 Å². The van der Waals surface area contributed by atoms with Gasteiger partial charge < -0.3 is 5.32 Å². The average molecular weight is 384 g/mol. The fourth-order valence-corrected chi connectivity index (χ4v) is 3.26. The molecule has 1 amide bonds. The minimum atomic E-state index is -0.112. The highest BCUT2D eigenvalue weighted by molar-refractivity contribution is 9.10. The minimum Gasteiger partial charge on any atom is -0.321 e. The number of rotatable bonds is 4. The molecule has 0 unspecified atom stereocenters. The second-order valence-corrected chi connectivity index (χ2v) is 6.90. The Bertz CT molecular complexity index is 803. The van der Waals surface area contributed by atoms with E-state index in [4.69, 9.17) is 0 Å². The molecule has 0 bridgehead atoms. The molecule has 0 atom stereocenters. The Morgan fingerprint density at radius 3 is 2.22 bits per heavy atom. The first-order valence-electron chi connectivity index (χ1n) is 7.11. The summed E-state index contributed by atoms with van der Waals surface area (Å²) in [6.07, 6.45) is 0. The van der Waals surface area contributed by atoms with E-state index in [2.05, 4.69) is 33.4 Å². The number of para-hydroxylation sites is 1. The van der Waals surface area contributed by atoms with Crippen LogP contribution in [0.15, 0.2) is 93.1 Å². The van der Waals surface area contributed by atoms with Crippen LogP contribution in [0.3, 0.4) is 0 Å². The van der Waals surface area contributed by atoms with Crippen molar-refractivity contribution in [2.75, 3.05) is 5.32 Å². The normalized spacial score (nSPS) is 10.3. The van der Waals surface area contributed by atoms with Crippen molar-refractivity contribution in [1.29, 1.82) is 0 Å². The molecule has 0 aliphatic heterocycles. The predicted molar refractivity (Wildman–Crippen MR) is 99.1 cm³/mol. The number of nitrogens with one attached hydrogen (secondary N) is 1. The SMILES string of the molecule is O=C(Nc1ccccc1Sc1ccccc1)c1ccc(Br)cc1. The summed E-state index contributed by atoms with van der Waals surface area (Å²) in [6, 6.07) is 25.2. The van der Waals surface area contributed by atoms with Crippen molar-refractivity contribution in [3.8, 4) is 0 Å². The van der Waals surface area contributed by atoms with Crippen molar-refractivity contribution in [3.63, 3.8) is 0 Å². The van der Waals surface area contributed by atoms with Crippen LogP contribution in [-0.4, -0.2) is 5.91 Å². The zero-order valence-electron chi connectivity index (χ0n) is 12.2. The van der Waals surface area contributed by atoms with Crippen molar-refractivity contribution in [2.45, 2.75) is 9.79 Å². The molecule has 0 saturated carbocycles. The van der Waals surface area contributed by atoms with Crippen molar-refractivity contribution in [1.82, 2.24) is 0 Å². The highest BCUT2D eigenvalue weighted by Crippen LogP contribution is 2.33. The smallest absolute Gasteiger partial charge is 0.255 e. The van der Waals surface area contributed by atoms with Crippen LogP contribution in [0.5, 0.6) is 0 Å². The van der Waals surface area contributed by atoms with Crippen LogP contribution in [0.1, 0.15) is 10.4 Å². The topological polar surface area (TPSA) is 29.1 Å². The van der Waals surface area contributed by atoms with Crippen LogP contribution in [0.2, 0.25) is 0 Å². The molecular weight excluding hydrogens is 370 g/mol. The van der Waals surface area contributed by atoms with Gasteiger partial charge in [-0.2, -0.15) is 0 Å². The van der Waals surface area contributed by atoms with Crippen LogP contribution in [-0.2, 0) is 0 Å². The number of halogens is 1. The number of carbonyl (C=O) groups excluding carboxylic acids is 1. The van der Waals surface area contributed by atoms with Gasteiger partial charge in [0.2, 0.25) is 0 Å². The van der Waals surface area contributed by atoms with E-state index in [9.17, 15) is 4.79 Å². The van der Waals surface area contributed by atoms with E-state index in [0.717, 1.165) is 20.0 Å². The van der Waals surface area contributed by atoms with Gasteiger partial charge in [-0.1, -0.05) is 58.0 Å². The van der Waals surface area contributed by atoms with E-state index >= 15 is 0 Å². The molecule has 2 nitrogen and oxygen atoms in total. The Balaban J connectivity index is 1.80. The van der Waals surface area contributed by atoms with Gasteiger partial charge >= 0.3 is 0 Å². The largest absolute Gasteiger partial charge is 0.321 e. The highest BCUT2D eigenvalue weighted by Gasteiger charge is 2.09. The molecule has 0 fully saturated rings. The Morgan fingerprint density at radius 1 is 0.826 bits per heavy atom. The van der Waals surface area contributed by atoms with Gasteiger partial charge in [-0.3, -0.25) is 4.79 Å². The molecule has 0 aliphatic rings. The lowest BCUT2D eigenvalue weighted by molar-refractivity contribution is 0.102. The van der Waals surface area contributed by atoms with Crippen molar-refractivity contribution >= 4 is 39.3 Å². The maximum absolute atomic E-state index is 12.4. The Kier molecular flexibility index (Phi) is 5.16. The first kappa shape index (κ1) is 15.8. The van der Waals surface area contributed by atoms with Crippen LogP contribution in [0, 0.1) is 0 Å². The van der Waals surface area contributed by atoms with Gasteiger partial charge in [0.1, 0.15) is 0 Å². The summed E-state index contributed by atoms with van der Waals surface area (Å²) in [5.41, 5.74) is 1.45. The molecular formula is C19H14BrNOS. The minimum absolute atomic E-state index is 0.112. The second kappa shape index (κ2) is 7.49. The summed E-state index contributed by atoms with van der Waals surface area (Å²) in [6.45, 7) is 0. The van der Waals surface area contributed by atoms with Gasteiger partial charge in [0.15, 0.2) is 0 Å². The van der Waals surface area contributed by atoms with E-state index in [1.807, 2.05) is 54.6 Å². The lowest BCUT2D eigenvalue weighted by Gasteiger charge is -2.11. The molecule has 0 saturated heterocycles. The molecule has 0 aliphatic carbocycles. The Morgan fingerprint density at radius 2 is 1.48 bits per heavy atom. The van der Waals surface area contributed by atoms with E-state index in [-0.39, 0.29) is 5.91 Å². The lowest BCUT2D eigenvalue weighted by atomic mass is 10.2. The number of hydrogen-bond donors (Lipinski definition) is 1. The zero-order valence-corrected chi connectivity index (χ0v) is 14.6. The standard InChI is InChI=1S/C19H14BrNOS/c20-15-12-10-14(11-13-15)19(22)21-17-8-4-5-9-18(17)23-16-6-2-1-3-7-16/h1-13H,(H,21,22). The van der Waals surface area contributed by atoms with Gasteiger partial charge in [-0.15, -0.1) is 0 Å². The van der Waals surface area contributed by atoms with Crippen molar-refractivity contribution in [2.24, 2.45) is 0 Å². The molecule has 114 valence electrons. The number of hydrogen-bond acceptors (Lipinski definition) is 2. The first-order valence-corrected chi connectivity index (χ1v) is 8.72. The molecule has 0 spiro atoms. The lowest BCUT2D eigenvalue weighted by Crippen LogP contribution is -2.12. The van der Waals surface area contributed by atoms with Crippen molar-refractivity contribution < 1.29 is 4.79 Å². The predicted octanol–water partition coefficient (Wildman–Crippen LogP) is 5.85. The zero-order chi connectivity index (χ0) is 16.1. The van der Waals surface area contributed by atoms with E-state index in [1.54, 1.807) is 23.9 Å². The van der Waals surface area contributed by atoms with E-state index in [1.165, 1.54) is 0 Å². The molecule has 4 heteroatoms. The molecule has 1 N–H and O–H groups in total. The summed E-state index contributed by atoms with van der Waals surface area (Å²) in [5.74, 6) is -0.112. The third kappa shape index (κ3) is 4.24. The van der Waals surface area contributed by atoms with Crippen LogP contribution in [0.25, 0.3) is 0 Å². The molecule has 3 rings (SSSR count). The van der Waals surface area contributed by atoms with Gasteiger partial charge in [0, 0.05) is 19.8 Å². The van der Waals surface area contributed by atoms with E-state index in [0.29, 0.717) is 5.56 Å². The molecule has 0 aromatic heterocycles. The number of anilines is 1. The van der Waals surface area contributed by atoms with Gasteiger partial charge in [0.05, 0.1) is 5.69 Å². The molecule has 3 aromatic carbocycles. The number of benzene rings is 3. The molecule has 23 heavy (non-hydrogen) atoms. The van der Waals surface area contributed by atoms with E-state index < -0.39 is 0 Å². The Hall–Kier alpha value is -2.04. The molecule has 0 heterocycles. The monoisotopic (exact) mass is 383 g/mol. The summed E-state index contributed by atoms with van der Waals surface area (Å²) in [4.78, 5) is 14.5. The van der Waals surface area contributed by atoms with Crippen LogP contribution < -0.4 is 5.32 Å². The Labute approximate surface area is 148 Å². The van der Waals surface area contributed by atoms with Gasteiger partial charge in [-0.05, 0) is 48.5 Å². The maximum atomic E-state index is 12.4. The third-order valence-electron chi connectivity index (χ3n) is 3.21. The average Bonchev–Trinajstić information content (AvgIpc) is 2.58.